The van der Waals surface area contributed by atoms with Gasteiger partial charge in [0.25, 0.3) is 0 Å². The number of rotatable bonds is 11. The van der Waals surface area contributed by atoms with Crippen molar-refractivity contribution in [3.05, 3.63) is 47.8 Å². The summed E-state index contributed by atoms with van der Waals surface area (Å²) >= 11 is 0. The molecule has 4 rings (SSSR count). The van der Waals surface area contributed by atoms with Gasteiger partial charge >= 0.3 is 17.9 Å². The molecule has 43 heavy (non-hydrogen) atoms. The molecule has 2 aliphatic heterocycles. The number of aromatic nitrogens is 1. The lowest BCUT2D eigenvalue weighted by molar-refractivity contribution is -0.170. The van der Waals surface area contributed by atoms with Gasteiger partial charge in [-0.05, 0) is 64.3 Å². The van der Waals surface area contributed by atoms with E-state index in [0.29, 0.717) is 6.04 Å². The molecule has 5 N–H and O–H groups in total. The van der Waals surface area contributed by atoms with Crippen molar-refractivity contribution in [2.75, 3.05) is 13.9 Å². The molecule has 3 heterocycles. The van der Waals surface area contributed by atoms with Crippen molar-refractivity contribution < 1.29 is 49.0 Å². The number of ether oxygens (including phenoxy) is 3. The van der Waals surface area contributed by atoms with Gasteiger partial charge in [0.15, 0.2) is 17.1 Å². The molecule has 13 heteroatoms. The number of nitrogens with zero attached hydrogens (tertiary/aromatic N) is 2. The van der Waals surface area contributed by atoms with Gasteiger partial charge < -0.3 is 40.0 Å². The maximum absolute atomic E-state index is 10.3. The molecular formula is C30H41N3O10. The van der Waals surface area contributed by atoms with Crippen molar-refractivity contribution >= 4 is 17.9 Å². The standard InChI is InChI=1S/C24H33N3O3.C6H8O7/c1-23(2)12-19(13-24(3,4)26-23)27(14-17-6-8-25-9-7-17)15-18-10-21-22(30-16-29-21)11-20(18)28-5;7-3(8)1-6(13,5(11)12)2-4(9)10/h6-11,19,26H,12-16H2,1-5H3;13H,1-2H2,(H,7,8)(H,9,10)(H,11,12). The first-order valence-electron chi connectivity index (χ1n) is 13.8. The molecule has 2 aliphatic rings. The lowest BCUT2D eigenvalue weighted by atomic mass is 9.78. The first-order chi connectivity index (χ1) is 20.0. The number of fused-ring (bicyclic) bond motifs is 1. The lowest BCUT2D eigenvalue weighted by Crippen LogP contribution is -2.62. The average Bonchev–Trinajstić information content (AvgIpc) is 3.33. The zero-order valence-corrected chi connectivity index (χ0v) is 25.1. The number of methoxy groups -OCH3 is 1. The predicted octanol–water partition coefficient (Wildman–Crippen LogP) is 2.88. The van der Waals surface area contributed by atoms with E-state index in [1.807, 2.05) is 18.5 Å². The van der Waals surface area contributed by atoms with Gasteiger partial charge in [-0.3, -0.25) is 19.5 Å². The molecule has 0 spiro atoms. The van der Waals surface area contributed by atoms with Gasteiger partial charge in [0.2, 0.25) is 6.79 Å². The number of aliphatic carboxylic acids is 3. The number of piperidine rings is 1. The molecule has 0 unspecified atom stereocenters. The van der Waals surface area contributed by atoms with Crippen LogP contribution in [0.2, 0.25) is 0 Å². The number of hydrogen-bond acceptors (Lipinski definition) is 10. The van der Waals surface area contributed by atoms with Crippen LogP contribution in [0.3, 0.4) is 0 Å². The van der Waals surface area contributed by atoms with E-state index in [1.165, 1.54) is 5.56 Å². The molecule has 236 valence electrons. The Kier molecular flexibility index (Phi) is 10.6. The van der Waals surface area contributed by atoms with Gasteiger partial charge in [-0.2, -0.15) is 0 Å². The first kappa shape index (κ1) is 33.6. The fourth-order valence-corrected chi connectivity index (χ4v) is 5.78. The van der Waals surface area contributed by atoms with Crippen LogP contribution in [0.15, 0.2) is 36.7 Å². The van der Waals surface area contributed by atoms with Crippen LogP contribution in [-0.2, 0) is 27.5 Å². The van der Waals surface area contributed by atoms with Gasteiger partial charge in [0.05, 0.1) is 20.0 Å². The van der Waals surface area contributed by atoms with Crippen molar-refractivity contribution in [2.45, 2.75) is 89.2 Å². The number of benzene rings is 1. The molecule has 1 saturated heterocycles. The summed E-state index contributed by atoms with van der Waals surface area (Å²) in [6, 6.07) is 8.64. The summed E-state index contributed by atoms with van der Waals surface area (Å²) in [6.45, 7) is 11.1. The summed E-state index contributed by atoms with van der Waals surface area (Å²) in [7, 11) is 1.71. The maximum Gasteiger partial charge on any atom is 0.336 e. The van der Waals surface area contributed by atoms with Crippen molar-refractivity contribution in [1.82, 2.24) is 15.2 Å². The van der Waals surface area contributed by atoms with Crippen LogP contribution in [0.1, 0.15) is 64.5 Å². The van der Waals surface area contributed by atoms with Crippen molar-refractivity contribution in [3.8, 4) is 17.2 Å². The second-order valence-corrected chi connectivity index (χ2v) is 12.2. The molecule has 1 fully saturated rings. The molecule has 0 radical (unpaired) electrons. The number of pyridine rings is 1. The SMILES string of the molecule is COc1cc2c(cc1CN(Cc1ccncc1)C1CC(C)(C)NC(C)(C)C1)OCO2.O=C(O)CC(O)(CC(=O)O)C(=O)O. The largest absolute Gasteiger partial charge is 0.496 e. The minimum atomic E-state index is -2.74. The molecule has 0 amide bonds. The van der Waals surface area contributed by atoms with Crippen LogP contribution < -0.4 is 19.5 Å². The Balaban J connectivity index is 0.000000331. The Hall–Kier alpha value is -3.94. The summed E-state index contributed by atoms with van der Waals surface area (Å²) < 4.78 is 16.9. The third-order valence-corrected chi connectivity index (χ3v) is 7.25. The smallest absolute Gasteiger partial charge is 0.336 e. The quantitative estimate of drug-likeness (QED) is 0.252. The summed E-state index contributed by atoms with van der Waals surface area (Å²) in [6.07, 6.45) is 3.60. The molecule has 2 aromatic rings. The Morgan fingerprint density at radius 2 is 1.51 bits per heavy atom. The van der Waals surface area contributed by atoms with Crippen LogP contribution in [-0.4, -0.2) is 84.8 Å². The highest BCUT2D eigenvalue weighted by atomic mass is 16.7. The molecule has 1 aromatic carbocycles. The number of nitrogens with one attached hydrogen (secondary N) is 1. The molecule has 0 saturated carbocycles. The number of aliphatic hydroxyl groups is 1. The van der Waals surface area contributed by atoms with Crippen molar-refractivity contribution in [2.24, 2.45) is 0 Å². The van der Waals surface area contributed by atoms with Gasteiger partial charge in [-0.1, -0.05) is 0 Å². The number of carboxylic acids is 3. The highest BCUT2D eigenvalue weighted by Gasteiger charge is 2.41. The molecule has 0 atom stereocenters. The van der Waals surface area contributed by atoms with Crippen LogP contribution in [0.25, 0.3) is 0 Å². The topological polar surface area (TPSA) is 188 Å². The zero-order chi connectivity index (χ0) is 32.0. The second-order valence-electron chi connectivity index (χ2n) is 12.2. The minimum Gasteiger partial charge on any atom is -0.496 e. The van der Waals surface area contributed by atoms with E-state index < -0.39 is 36.4 Å². The Labute approximate surface area is 250 Å². The van der Waals surface area contributed by atoms with Gasteiger partial charge in [0, 0.05) is 54.2 Å². The van der Waals surface area contributed by atoms with E-state index in [-0.39, 0.29) is 17.9 Å². The van der Waals surface area contributed by atoms with Crippen LogP contribution >= 0.6 is 0 Å². The van der Waals surface area contributed by atoms with E-state index in [2.05, 4.69) is 61.1 Å². The second kappa shape index (κ2) is 13.6. The Morgan fingerprint density at radius 1 is 0.977 bits per heavy atom. The third kappa shape index (κ3) is 9.53. The van der Waals surface area contributed by atoms with E-state index >= 15 is 0 Å². The normalized spacial score (nSPS) is 17.1. The van der Waals surface area contributed by atoms with Gasteiger partial charge in [-0.25, -0.2) is 4.79 Å². The summed E-state index contributed by atoms with van der Waals surface area (Å²) in [5.41, 5.74) is -0.217. The van der Waals surface area contributed by atoms with E-state index in [4.69, 9.17) is 34.6 Å². The van der Waals surface area contributed by atoms with E-state index in [0.717, 1.165) is 48.7 Å². The Bertz CT molecular complexity index is 1270. The average molecular weight is 604 g/mol. The number of hydrogen-bond donors (Lipinski definition) is 5. The summed E-state index contributed by atoms with van der Waals surface area (Å²) in [4.78, 5) is 37.2. The summed E-state index contributed by atoms with van der Waals surface area (Å²) in [5, 5.41) is 37.6. The number of carbonyl (C=O) groups is 3. The molecule has 13 nitrogen and oxygen atoms in total. The van der Waals surface area contributed by atoms with Gasteiger partial charge in [0.1, 0.15) is 5.75 Å². The fourth-order valence-electron chi connectivity index (χ4n) is 5.78. The molecule has 0 aliphatic carbocycles. The van der Waals surface area contributed by atoms with Crippen molar-refractivity contribution in [1.29, 1.82) is 0 Å². The predicted molar refractivity (Wildman–Crippen MR) is 154 cm³/mol. The first-order valence-corrected chi connectivity index (χ1v) is 13.8. The zero-order valence-electron chi connectivity index (χ0n) is 25.1. The Morgan fingerprint density at radius 3 is 2.00 bits per heavy atom. The van der Waals surface area contributed by atoms with Crippen LogP contribution in [0.4, 0.5) is 0 Å². The maximum atomic E-state index is 10.3. The molecule has 0 bridgehead atoms. The van der Waals surface area contributed by atoms with E-state index in [9.17, 15) is 14.4 Å². The number of carboxylic acid groups (broad SMARTS) is 3. The van der Waals surface area contributed by atoms with Gasteiger partial charge in [-0.15, -0.1) is 0 Å². The van der Waals surface area contributed by atoms with Crippen LogP contribution in [0.5, 0.6) is 17.2 Å². The molecular weight excluding hydrogens is 562 g/mol. The highest BCUT2D eigenvalue weighted by molar-refractivity contribution is 5.88. The van der Waals surface area contributed by atoms with Crippen LogP contribution in [0, 0.1) is 0 Å². The fraction of sp³-hybridized carbons (Fsp3) is 0.533. The lowest BCUT2D eigenvalue weighted by Gasteiger charge is -2.50. The van der Waals surface area contributed by atoms with Crippen molar-refractivity contribution in [3.63, 3.8) is 0 Å². The molecule has 1 aromatic heterocycles. The summed E-state index contributed by atoms with van der Waals surface area (Å²) in [5.74, 6) is -2.64. The third-order valence-electron chi connectivity index (χ3n) is 7.25. The minimum absolute atomic E-state index is 0.0713. The highest BCUT2D eigenvalue weighted by Crippen LogP contribution is 2.40. The van der Waals surface area contributed by atoms with E-state index in [1.54, 1.807) is 7.11 Å². The monoisotopic (exact) mass is 603 g/mol.